The van der Waals surface area contributed by atoms with Gasteiger partial charge < -0.3 is 0 Å². The molecule has 0 aromatic heterocycles. The molecule has 0 radical (unpaired) electrons. The molecule has 108 valence electrons. The maximum absolute atomic E-state index is 13.8. The minimum Gasteiger partial charge on any atom is -0.206 e. The van der Waals surface area contributed by atoms with Gasteiger partial charge in [-0.25, -0.2) is 4.39 Å². The SMILES string of the molecule is CCCC1(CCC)CC(C#N)(Sc2ccccc2F)C1. The Kier molecular flexibility index (Phi) is 4.75. The van der Waals surface area contributed by atoms with Gasteiger partial charge in [-0.15, -0.1) is 11.8 Å². The molecular formula is C17H22FNS. The number of halogens is 1. The minimum atomic E-state index is -0.424. The number of hydrogen-bond acceptors (Lipinski definition) is 2. The highest BCUT2D eigenvalue weighted by Gasteiger charge is 2.54. The van der Waals surface area contributed by atoms with Crippen molar-refractivity contribution in [1.82, 2.24) is 0 Å². The first-order valence-corrected chi connectivity index (χ1v) is 8.25. The summed E-state index contributed by atoms with van der Waals surface area (Å²) in [6.45, 7) is 4.40. The molecule has 1 fully saturated rings. The Hall–Kier alpha value is -1.01. The standard InChI is InChI=1S/C17H22FNS/c1-3-9-16(10-4-2)11-17(12-16,13-19)20-15-8-6-5-7-14(15)18/h5-8H,3-4,9-12H2,1-2H3. The fourth-order valence-corrected chi connectivity index (χ4v) is 5.15. The predicted octanol–water partition coefficient (Wildman–Crippen LogP) is 5.56. The zero-order valence-corrected chi connectivity index (χ0v) is 13.1. The lowest BCUT2D eigenvalue weighted by Crippen LogP contribution is -2.48. The van der Waals surface area contributed by atoms with Crippen LogP contribution in [-0.4, -0.2) is 4.75 Å². The van der Waals surface area contributed by atoms with Crippen molar-refractivity contribution in [3.8, 4) is 6.07 Å². The average molecular weight is 291 g/mol. The summed E-state index contributed by atoms with van der Waals surface area (Å²) in [6.07, 6.45) is 6.48. The van der Waals surface area contributed by atoms with Gasteiger partial charge in [0, 0.05) is 4.90 Å². The van der Waals surface area contributed by atoms with Crippen molar-refractivity contribution in [2.75, 3.05) is 0 Å². The van der Waals surface area contributed by atoms with Gasteiger partial charge in [0.25, 0.3) is 0 Å². The smallest absolute Gasteiger partial charge is 0.136 e. The molecule has 0 unspecified atom stereocenters. The first-order chi connectivity index (χ1) is 9.59. The summed E-state index contributed by atoms with van der Waals surface area (Å²) in [7, 11) is 0. The lowest BCUT2D eigenvalue weighted by molar-refractivity contribution is 0.0830. The second-order valence-corrected chi connectivity index (χ2v) is 7.42. The van der Waals surface area contributed by atoms with E-state index < -0.39 is 4.75 Å². The van der Waals surface area contributed by atoms with Crippen molar-refractivity contribution in [3.63, 3.8) is 0 Å². The van der Waals surface area contributed by atoms with Crippen molar-refractivity contribution in [3.05, 3.63) is 30.1 Å². The Bertz CT molecular complexity index is 492. The lowest BCUT2D eigenvalue weighted by atomic mass is 9.58. The van der Waals surface area contributed by atoms with E-state index >= 15 is 0 Å². The minimum absolute atomic E-state index is 0.212. The molecule has 2 rings (SSSR count). The summed E-state index contributed by atoms with van der Waals surface area (Å²) in [5.74, 6) is -0.212. The highest BCUT2D eigenvalue weighted by Crippen LogP contribution is 2.61. The highest BCUT2D eigenvalue weighted by molar-refractivity contribution is 8.01. The van der Waals surface area contributed by atoms with Crippen molar-refractivity contribution >= 4 is 11.8 Å². The van der Waals surface area contributed by atoms with E-state index in [0.717, 1.165) is 25.7 Å². The monoisotopic (exact) mass is 291 g/mol. The third-order valence-corrected chi connectivity index (χ3v) is 5.55. The number of nitrogens with zero attached hydrogens (tertiary/aromatic N) is 1. The van der Waals surface area contributed by atoms with Gasteiger partial charge in [0.2, 0.25) is 0 Å². The quantitative estimate of drug-likeness (QED) is 0.685. The topological polar surface area (TPSA) is 23.8 Å². The zero-order chi connectivity index (χ0) is 14.6. The highest BCUT2D eigenvalue weighted by atomic mass is 32.2. The fraction of sp³-hybridized carbons (Fsp3) is 0.588. The molecule has 0 amide bonds. The van der Waals surface area contributed by atoms with E-state index in [1.165, 1.54) is 30.7 Å². The van der Waals surface area contributed by atoms with Crippen molar-refractivity contribution in [2.45, 2.75) is 62.0 Å². The summed E-state index contributed by atoms with van der Waals surface area (Å²) in [4.78, 5) is 0.607. The molecule has 0 bridgehead atoms. The third-order valence-electron chi connectivity index (χ3n) is 4.23. The molecule has 0 saturated heterocycles. The van der Waals surface area contributed by atoms with Crippen molar-refractivity contribution in [1.29, 1.82) is 5.26 Å². The van der Waals surface area contributed by atoms with Crippen molar-refractivity contribution < 1.29 is 4.39 Å². The first-order valence-electron chi connectivity index (χ1n) is 7.43. The molecule has 20 heavy (non-hydrogen) atoms. The van der Waals surface area contributed by atoms with Crippen LogP contribution in [0.2, 0.25) is 0 Å². The number of hydrogen-bond donors (Lipinski definition) is 0. The van der Waals surface area contributed by atoms with Crippen LogP contribution in [0.3, 0.4) is 0 Å². The molecule has 0 aliphatic heterocycles. The van der Waals surface area contributed by atoms with E-state index in [2.05, 4.69) is 19.9 Å². The molecular weight excluding hydrogens is 269 g/mol. The number of rotatable bonds is 6. The van der Waals surface area contributed by atoms with E-state index in [4.69, 9.17) is 0 Å². The fourth-order valence-electron chi connectivity index (χ4n) is 3.61. The van der Waals surface area contributed by atoms with Gasteiger partial charge in [0.15, 0.2) is 0 Å². The van der Waals surface area contributed by atoms with Crippen LogP contribution in [0.15, 0.2) is 29.2 Å². The van der Waals surface area contributed by atoms with Gasteiger partial charge in [-0.1, -0.05) is 38.8 Å². The van der Waals surface area contributed by atoms with Crippen LogP contribution >= 0.6 is 11.8 Å². The summed E-state index contributed by atoms with van der Waals surface area (Å²) in [5, 5.41) is 9.56. The van der Waals surface area contributed by atoms with Gasteiger partial charge in [-0.3, -0.25) is 0 Å². The Labute approximate surface area is 125 Å². The van der Waals surface area contributed by atoms with Crippen LogP contribution in [0.5, 0.6) is 0 Å². The van der Waals surface area contributed by atoms with Gasteiger partial charge >= 0.3 is 0 Å². The van der Waals surface area contributed by atoms with E-state index in [1.807, 2.05) is 6.07 Å². The summed E-state index contributed by atoms with van der Waals surface area (Å²) in [5.41, 5.74) is 0.317. The van der Waals surface area contributed by atoms with Crippen LogP contribution < -0.4 is 0 Å². The Morgan fingerprint density at radius 2 is 1.80 bits per heavy atom. The molecule has 0 N–H and O–H groups in total. The molecule has 1 aliphatic rings. The second kappa shape index (κ2) is 6.18. The molecule has 0 atom stereocenters. The van der Waals surface area contributed by atoms with E-state index in [1.54, 1.807) is 12.1 Å². The van der Waals surface area contributed by atoms with Gasteiger partial charge in [-0.05, 0) is 43.2 Å². The third kappa shape index (κ3) is 3.01. The van der Waals surface area contributed by atoms with Gasteiger partial charge in [0.1, 0.15) is 10.6 Å². The lowest BCUT2D eigenvalue weighted by Gasteiger charge is -2.53. The van der Waals surface area contributed by atoms with E-state index in [9.17, 15) is 9.65 Å². The molecule has 1 aliphatic carbocycles. The van der Waals surface area contributed by atoms with E-state index in [0.29, 0.717) is 10.3 Å². The van der Waals surface area contributed by atoms with Crippen LogP contribution in [-0.2, 0) is 0 Å². The first kappa shape index (κ1) is 15.4. The summed E-state index contributed by atoms with van der Waals surface area (Å²) in [6, 6.07) is 9.23. The maximum Gasteiger partial charge on any atom is 0.136 e. The molecule has 3 heteroatoms. The summed E-state index contributed by atoms with van der Waals surface area (Å²) < 4.78 is 13.4. The normalized spacial score (nSPS) is 19.1. The molecule has 1 nitrogen and oxygen atoms in total. The Morgan fingerprint density at radius 3 is 2.30 bits per heavy atom. The van der Waals surface area contributed by atoms with Crippen molar-refractivity contribution in [2.24, 2.45) is 5.41 Å². The van der Waals surface area contributed by atoms with Gasteiger partial charge in [-0.2, -0.15) is 5.26 Å². The summed E-state index contributed by atoms with van der Waals surface area (Å²) >= 11 is 1.42. The van der Waals surface area contributed by atoms with Crippen LogP contribution in [0.25, 0.3) is 0 Å². The average Bonchev–Trinajstić information content (AvgIpc) is 2.39. The predicted molar refractivity (Wildman–Crippen MR) is 82.1 cm³/mol. The van der Waals surface area contributed by atoms with Crippen LogP contribution in [0.4, 0.5) is 4.39 Å². The molecule has 1 aromatic carbocycles. The van der Waals surface area contributed by atoms with Gasteiger partial charge in [0.05, 0.1) is 6.07 Å². The Balaban J connectivity index is 2.11. The zero-order valence-electron chi connectivity index (χ0n) is 12.3. The maximum atomic E-state index is 13.8. The molecule has 0 spiro atoms. The van der Waals surface area contributed by atoms with Crippen LogP contribution in [0.1, 0.15) is 52.4 Å². The largest absolute Gasteiger partial charge is 0.206 e. The van der Waals surface area contributed by atoms with Crippen LogP contribution in [0, 0.1) is 22.6 Å². The number of thioether (sulfide) groups is 1. The van der Waals surface area contributed by atoms with E-state index in [-0.39, 0.29) is 5.82 Å². The Morgan fingerprint density at radius 1 is 1.20 bits per heavy atom. The molecule has 1 aromatic rings. The number of benzene rings is 1. The second-order valence-electron chi connectivity index (χ2n) is 5.99. The molecule has 1 saturated carbocycles. The number of nitriles is 1. The molecule has 0 heterocycles.